The minimum atomic E-state index is -0.202. The highest BCUT2D eigenvalue weighted by molar-refractivity contribution is 7.18. The molecule has 1 aromatic heterocycles. The van der Waals surface area contributed by atoms with E-state index in [2.05, 4.69) is 27.6 Å². The molecule has 188 valence electrons. The van der Waals surface area contributed by atoms with Gasteiger partial charge >= 0.3 is 0 Å². The molecule has 0 unspecified atom stereocenters. The Morgan fingerprint density at radius 1 is 1.00 bits per heavy atom. The Morgan fingerprint density at radius 3 is 2.38 bits per heavy atom. The summed E-state index contributed by atoms with van der Waals surface area (Å²) in [6.45, 7) is 2.34. The smallest absolute Gasteiger partial charge is 0.227 e. The third-order valence-electron chi connectivity index (χ3n) is 6.71. The summed E-state index contributed by atoms with van der Waals surface area (Å²) in [7, 11) is 0. The topological polar surface area (TPSA) is 75.2 Å². The maximum Gasteiger partial charge on any atom is 0.227 e. The van der Waals surface area contributed by atoms with Crippen LogP contribution in [0.25, 0.3) is 10.6 Å². The lowest BCUT2D eigenvalue weighted by Gasteiger charge is -2.30. The zero-order valence-corrected chi connectivity index (χ0v) is 22.0. The van der Waals surface area contributed by atoms with Crippen molar-refractivity contribution in [1.29, 1.82) is 0 Å². The van der Waals surface area contributed by atoms with Gasteiger partial charge in [-0.05, 0) is 42.5 Å². The Hall–Kier alpha value is -3.55. The molecule has 8 heteroatoms. The van der Waals surface area contributed by atoms with Crippen LogP contribution >= 0.6 is 22.9 Å². The van der Waals surface area contributed by atoms with E-state index in [9.17, 15) is 9.59 Å². The van der Waals surface area contributed by atoms with Crippen LogP contribution in [0.4, 0.5) is 5.13 Å². The van der Waals surface area contributed by atoms with Crippen molar-refractivity contribution in [1.82, 2.24) is 15.1 Å². The van der Waals surface area contributed by atoms with Gasteiger partial charge in [0.15, 0.2) is 0 Å². The molecule has 1 N–H and O–H groups in total. The molecule has 0 aliphatic heterocycles. The summed E-state index contributed by atoms with van der Waals surface area (Å²) in [5.74, 6) is 0.0774. The Kier molecular flexibility index (Phi) is 7.63. The average Bonchev–Trinajstić information content (AvgIpc) is 3.61. The van der Waals surface area contributed by atoms with E-state index in [4.69, 9.17) is 11.6 Å². The van der Waals surface area contributed by atoms with Gasteiger partial charge in [-0.2, -0.15) is 0 Å². The molecule has 3 atom stereocenters. The van der Waals surface area contributed by atoms with E-state index in [0.717, 1.165) is 17.5 Å². The van der Waals surface area contributed by atoms with E-state index < -0.39 is 0 Å². The van der Waals surface area contributed by atoms with Crippen LogP contribution in [-0.2, 0) is 9.59 Å². The maximum absolute atomic E-state index is 13.6. The minimum absolute atomic E-state index is 0.0540. The second kappa shape index (κ2) is 11.2. The van der Waals surface area contributed by atoms with Crippen LogP contribution < -0.4 is 5.32 Å². The number of halogens is 1. The van der Waals surface area contributed by atoms with Crippen molar-refractivity contribution in [2.24, 2.45) is 5.92 Å². The van der Waals surface area contributed by atoms with Crippen LogP contribution in [-0.4, -0.2) is 33.5 Å². The molecule has 1 fully saturated rings. The molecule has 0 spiro atoms. The number of rotatable bonds is 9. The van der Waals surface area contributed by atoms with Gasteiger partial charge in [0.1, 0.15) is 5.01 Å². The number of nitrogens with zero attached hydrogens (tertiary/aromatic N) is 3. The second-order valence-corrected chi connectivity index (χ2v) is 10.6. The Labute approximate surface area is 225 Å². The number of hydrogen-bond donors (Lipinski definition) is 1. The van der Waals surface area contributed by atoms with Crippen molar-refractivity contribution >= 4 is 39.9 Å². The highest BCUT2D eigenvalue weighted by Gasteiger charge is 2.46. The fourth-order valence-electron chi connectivity index (χ4n) is 4.54. The molecule has 1 saturated carbocycles. The summed E-state index contributed by atoms with van der Waals surface area (Å²) < 4.78 is 0. The van der Waals surface area contributed by atoms with Crippen LogP contribution in [0.2, 0.25) is 5.02 Å². The van der Waals surface area contributed by atoms with Gasteiger partial charge in [-0.25, -0.2) is 0 Å². The van der Waals surface area contributed by atoms with E-state index in [1.807, 2.05) is 72.5 Å². The lowest BCUT2D eigenvalue weighted by Crippen LogP contribution is -2.37. The average molecular weight is 531 g/mol. The van der Waals surface area contributed by atoms with Crippen LogP contribution in [0, 0.1) is 5.92 Å². The predicted octanol–water partition coefficient (Wildman–Crippen LogP) is 6.58. The summed E-state index contributed by atoms with van der Waals surface area (Å²) in [5.41, 5.74) is 3.12. The number of nitrogens with one attached hydrogen (secondary N) is 1. The van der Waals surface area contributed by atoms with Crippen molar-refractivity contribution < 1.29 is 9.59 Å². The first kappa shape index (κ1) is 25.1. The molecule has 37 heavy (non-hydrogen) atoms. The number of carbonyl (C=O) groups excluding carboxylic acids is 2. The van der Waals surface area contributed by atoms with Crippen molar-refractivity contribution in [3.63, 3.8) is 0 Å². The quantitative estimate of drug-likeness (QED) is 0.265. The zero-order valence-electron chi connectivity index (χ0n) is 20.4. The molecule has 3 aromatic carbocycles. The number of anilines is 1. The molecule has 0 bridgehead atoms. The van der Waals surface area contributed by atoms with Crippen molar-refractivity contribution in [2.45, 2.75) is 31.7 Å². The van der Waals surface area contributed by atoms with E-state index >= 15 is 0 Å². The maximum atomic E-state index is 13.6. The molecule has 5 rings (SSSR count). The molecule has 6 nitrogen and oxygen atoms in total. The first-order valence-electron chi connectivity index (χ1n) is 12.3. The summed E-state index contributed by atoms with van der Waals surface area (Å²) >= 11 is 7.26. The van der Waals surface area contributed by atoms with Crippen molar-refractivity contribution in [3.8, 4) is 10.6 Å². The molecule has 0 radical (unpaired) electrons. The SMILES string of the molecule is C[C@@H](c1ccccc1)N(CCC(=O)Nc1nnc(-c2ccc(Cl)cc2)s1)C(=O)[C@@H]1C[C@H]1c1ccccc1. The van der Waals surface area contributed by atoms with Gasteiger partial charge in [0.2, 0.25) is 16.9 Å². The number of carbonyl (C=O) groups is 2. The van der Waals surface area contributed by atoms with Gasteiger partial charge in [0.05, 0.1) is 6.04 Å². The zero-order chi connectivity index (χ0) is 25.8. The number of aromatic nitrogens is 2. The highest BCUT2D eigenvalue weighted by atomic mass is 35.5. The van der Waals surface area contributed by atoms with E-state index in [0.29, 0.717) is 21.7 Å². The highest BCUT2D eigenvalue weighted by Crippen LogP contribution is 2.49. The molecule has 1 heterocycles. The Bertz CT molecular complexity index is 1360. The van der Waals surface area contributed by atoms with Crippen LogP contribution in [0.1, 0.15) is 42.9 Å². The van der Waals surface area contributed by atoms with Gasteiger partial charge in [-0.3, -0.25) is 9.59 Å². The van der Waals surface area contributed by atoms with Crippen LogP contribution in [0.15, 0.2) is 84.9 Å². The molecule has 2 amide bonds. The molecule has 1 aliphatic rings. The predicted molar refractivity (Wildman–Crippen MR) is 147 cm³/mol. The van der Waals surface area contributed by atoms with Crippen LogP contribution in [0.3, 0.4) is 0 Å². The van der Waals surface area contributed by atoms with Gasteiger partial charge in [-0.1, -0.05) is 95.7 Å². The molecule has 1 aliphatic carbocycles. The summed E-state index contributed by atoms with van der Waals surface area (Å²) in [5, 5.41) is 12.9. The fraction of sp³-hybridized carbons (Fsp3) is 0.241. The number of hydrogen-bond acceptors (Lipinski definition) is 5. The summed E-state index contributed by atoms with van der Waals surface area (Å²) in [4.78, 5) is 28.3. The van der Waals surface area contributed by atoms with Gasteiger partial charge < -0.3 is 10.2 Å². The van der Waals surface area contributed by atoms with E-state index in [1.54, 1.807) is 12.1 Å². The lowest BCUT2D eigenvalue weighted by atomic mass is 10.0. The van der Waals surface area contributed by atoms with E-state index in [1.165, 1.54) is 16.9 Å². The van der Waals surface area contributed by atoms with Crippen LogP contribution in [0.5, 0.6) is 0 Å². The number of benzene rings is 3. The number of amides is 2. The fourth-order valence-corrected chi connectivity index (χ4v) is 5.43. The minimum Gasteiger partial charge on any atom is -0.335 e. The first-order valence-corrected chi connectivity index (χ1v) is 13.5. The molecular formula is C29H27ClN4O2S. The van der Waals surface area contributed by atoms with Crippen molar-refractivity contribution in [2.75, 3.05) is 11.9 Å². The van der Waals surface area contributed by atoms with Gasteiger partial charge in [0.25, 0.3) is 0 Å². The van der Waals surface area contributed by atoms with Crippen molar-refractivity contribution in [3.05, 3.63) is 101 Å². The third-order valence-corrected chi connectivity index (χ3v) is 7.85. The lowest BCUT2D eigenvalue weighted by molar-refractivity contribution is -0.135. The molecular weight excluding hydrogens is 504 g/mol. The molecule has 0 saturated heterocycles. The molecule has 4 aromatic rings. The first-order chi connectivity index (χ1) is 18.0. The standard InChI is InChI=1S/C29H27ClN4O2S/c1-19(20-8-4-2-5-9-20)34(28(36)25-18-24(25)21-10-6-3-7-11-21)17-16-26(35)31-29-33-32-27(37-29)22-12-14-23(30)15-13-22/h2-15,19,24-25H,16-18H2,1H3,(H,31,33,35)/t19-,24-,25+/m0/s1. The largest absolute Gasteiger partial charge is 0.335 e. The van der Waals surface area contributed by atoms with E-state index in [-0.39, 0.29) is 36.1 Å². The van der Waals surface area contributed by atoms with Gasteiger partial charge in [-0.15, -0.1) is 10.2 Å². The Balaban J connectivity index is 1.25. The monoisotopic (exact) mass is 530 g/mol. The third kappa shape index (κ3) is 6.06. The summed E-state index contributed by atoms with van der Waals surface area (Å²) in [6.07, 6.45) is 1.01. The summed E-state index contributed by atoms with van der Waals surface area (Å²) in [6, 6.07) is 27.3. The second-order valence-electron chi connectivity index (χ2n) is 9.20. The van der Waals surface area contributed by atoms with Gasteiger partial charge in [0, 0.05) is 29.5 Å². The Morgan fingerprint density at radius 2 is 1.68 bits per heavy atom. The normalized spacial score (nSPS) is 17.1.